The maximum Gasteiger partial charge on any atom is 0.0749 e. The highest BCUT2D eigenvalue weighted by molar-refractivity contribution is 5.57. The van der Waals surface area contributed by atoms with Gasteiger partial charge in [0.1, 0.15) is 0 Å². The zero-order valence-electron chi connectivity index (χ0n) is 7.95. The van der Waals surface area contributed by atoms with E-state index in [9.17, 15) is 0 Å². The van der Waals surface area contributed by atoms with Gasteiger partial charge in [-0.1, -0.05) is 0 Å². The second-order valence-electron chi connectivity index (χ2n) is 2.93. The lowest BCUT2D eigenvalue weighted by atomic mass is 10.2. The standard InChI is InChI=1S/C9H18N3/c1-12(2)9-5-3-4-7-11-8-6-10/h7-8H,3-5,9-10H2,1-2H3. The monoisotopic (exact) mass is 168 g/mol. The van der Waals surface area contributed by atoms with E-state index >= 15 is 0 Å². The average molecular weight is 168 g/mol. The van der Waals surface area contributed by atoms with Crippen LogP contribution in [0.1, 0.15) is 19.3 Å². The SMILES string of the molecule is CN(C)CCCCC=NC=[C]N. The summed E-state index contributed by atoms with van der Waals surface area (Å²) in [6.45, 7) is 1.15. The lowest BCUT2D eigenvalue weighted by Crippen LogP contribution is -2.12. The zero-order valence-corrected chi connectivity index (χ0v) is 7.95. The van der Waals surface area contributed by atoms with Crippen LogP contribution < -0.4 is 5.73 Å². The van der Waals surface area contributed by atoms with Gasteiger partial charge < -0.3 is 10.6 Å². The van der Waals surface area contributed by atoms with E-state index < -0.39 is 0 Å². The second-order valence-corrected chi connectivity index (χ2v) is 2.93. The third-order valence-electron chi connectivity index (χ3n) is 1.44. The summed E-state index contributed by atoms with van der Waals surface area (Å²) in [5.74, 6) is 0. The average Bonchev–Trinajstić information content (AvgIpc) is 2.02. The van der Waals surface area contributed by atoms with Gasteiger partial charge in [-0.05, 0) is 39.9 Å². The van der Waals surface area contributed by atoms with Gasteiger partial charge in [-0.15, -0.1) is 0 Å². The fraction of sp³-hybridized carbons (Fsp3) is 0.667. The van der Waals surface area contributed by atoms with Gasteiger partial charge >= 0.3 is 0 Å². The Kier molecular flexibility index (Phi) is 7.70. The summed E-state index contributed by atoms with van der Waals surface area (Å²) in [6.07, 6.45) is 9.11. The third kappa shape index (κ3) is 9.17. The minimum atomic E-state index is 1.02. The van der Waals surface area contributed by atoms with Crippen LogP contribution in [0.15, 0.2) is 11.2 Å². The third-order valence-corrected chi connectivity index (χ3v) is 1.44. The zero-order chi connectivity index (χ0) is 9.23. The summed E-state index contributed by atoms with van der Waals surface area (Å²) >= 11 is 0. The van der Waals surface area contributed by atoms with Crippen molar-refractivity contribution in [2.24, 2.45) is 10.7 Å². The predicted molar refractivity (Wildman–Crippen MR) is 52.9 cm³/mol. The maximum atomic E-state index is 4.98. The lowest BCUT2D eigenvalue weighted by Gasteiger charge is -2.07. The Bertz CT molecular complexity index is 139. The molecule has 0 amide bonds. The van der Waals surface area contributed by atoms with Crippen molar-refractivity contribution in [1.82, 2.24) is 4.90 Å². The first-order valence-corrected chi connectivity index (χ1v) is 4.21. The van der Waals surface area contributed by atoms with Gasteiger partial charge in [0.05, 0.1) is 12.4 Å². The van der Waals surface area contributed by atoms with E-state index in [-0.39, 0.29) is 0 Å². The van der Waals surface area contributed by atoms with Gasteiger partial charge in [0.2, 0.25) is 0 Å². The summed E-state index contributed by atoms with van der Waals surface area (Å²) in [5, 5.41) is 0. The highest BCUT2D eigenvalue weighted by atomic mass is 15.0. The van der Waals surface area contributed by atoms with Crippen LogP contribution >= 0.6 is 0 Å². The minimum Gasteiger partial charge on any atom is -0.396 e. The topological polar surface area (TPSA) is 41.6 Å². The molecule has 0 unspecified atom stereocenters. The van der Waals surface area contributed by atoms with E-state index in [1.807, 2.05) is 6.21 Å². The number of nitrogens with two attached hydrogens (primary N) is 1. The molecule has 3 nitrogen and oxygen atoms in total. The molecule has 0 saturated carbocycles. The number of hydrogen-bond donors (Lipinski definition) is 1. The van der Waals surface area contributed by atoms with Crippen LogP contribution in [0.2, 0.25) is 0 Å². The first-order valence-electron chi connectivity index (χ1n) is 4.21. The molecule has 69 valence electrons. The molecule has 0 aliphatic rings. The van der Waals surface area contributed by atoms with Crippen molar-refractivity contribution < 1.29 is 0 Å². The van der Waals surface area contributed by atoms with Crippen LogP contribution in [-0.2, 0) is 0 Å². The van der Waals surface area contributed by atoms with Crippen LogP contribution in [0, 0.1) is 6.20 Å². The molecule has 0 aliphatic carbocycles. The van der Waals surface area contributed by atoms with Gasteiger partial charge in [0.15, 0.2) is 0 Å². The predicted octanol–water partition coefficient (Wildman–Crippen LogP) is 1.02. The first-order chi connectivity index (χ1) is 5.77. The van der Waals surface area contributed by atoms with Gasteiger partial charge in [-0.2, -0.15) is 0 Å². The molecule has 1 radical (unpaired) electrons. The Balaban J connectivity index is 3.10. The van der Waals surface area contributed by atoms with Crippen molar-refractivity contribution in [1.29, 1.82) is 0 Å². The fourth-order valence-corrected chi connectivity index (χ4v) is 0.834. The Morgan fingerprint density at radius 3 is 2.75 bits per heavy atom. The van der Waals surface area contributed by atoms with Crippen molar-refractivity contribution in [2.75, 3.05) is 20.6 Å². The van der Waals surface area contributed by atoms with Gasteiger partial charge in [0.25, 0.3) is 0 Å². The summed E-state index contributed by atoms with van der Waals surface area (Å²) in [5.41, 5.74) is 4.98. The number of aliphatic imine (C=N–C) groups is 1. The number of unbranched alkanes of at least 4 members (excludes halogenated alkanes) is 2. The second kappa shape index (κ2) is 8.27. The van der Waals surface area contributed by atoms with E-state index in [0.29, 0.717) is 0 Å². The molecule has 3 heteroatoms. The summed E-state index contributed by atoms with van der Waals surface area (Å²) in [7, 11) is 4.17. The first kappa shape index (κ1) is 11.2. The molecule has 0 saturated heterocycles. The van der Waals surface area contributed by atoms with Crippen LogP contribution in [0.3, 0.4) is 0 Å². The van der Waals surface area contributed by atoms with Crippen LogP contribution in [0.5, 0.6) is 0 Å². The molecule has 0 aromatic heterocycles. The minimum absolute atomic E-state index is 1.02. The summed E-state index contributed by atoms with van der Waals surface area (Å²) < 4.78 is 0. The molecule has 0 bridgehead atoms. The molecule has 0 aliphatic heterocycles. The van der Waals surface area contributed by atoms with Crippen LogP contribution in [-0.4, -0.2) is 31.8 Å². The molecular weight excluding hydrogens is 150 g/mol. The number of nitrogens with zero attached hydrogens (tertiary/aromatic N) is 2. The molecule has 0 heterocycles. The Morgan fingerprint density at radius 2 is 2.17 bits per heavy atom. The number of rotatable bonds is 6. The van der Waals surface area contributed by atoms with Gasteiger partial charge in [0, 0.05) is 6.21 Å². The summed E-state index contributed by atoms with van der Waals surface area (Å²) in [4.78, 5) is 6.09. The molecule has 0 aromatic rings. The smallest absolute Gasteiger partial charge is 0.0749 e. The van der Waals surface area contributed by atoms with E-state index in [1.54, 1.807) is 0 Å². The summed E-state index contributed by atoms with van der Waals surface area (Å²) in [6, 6.07) is 0. The van der Waals surface area contributed by atoms with Crippen molar-refractivity contribution in [3.05, 3.63) is 12.4 Å². The van der Waals surface area contributed by atoms with Crippen molar-refractivity contribution in [3.8, 4) is 0 Å². The van der Waals surface area contributed by atoms with E-state index in [4.69, 9.17) is 5.73 Å². The number of hydrogen-bond acceptors (Lipinski definition) is 3. The largest absolute Gasteiger partial charge is 0.396 e. The lowest BCUT2D eigenvalue weighted by molar-refractivity contribution is 0.396. The highest BCUT2D eigenvalue weighted by Crippen LogP contribution is 1.93. The molecule has 12 heavy (non-hydrogen) atoms. The molecule has 0 aromatic carbocycles. The van der Waals surface area contributed by atoms with Crippen LogP contribution in [0.4, 0.5) is 0 Å². The van der Waals surface area contributed by atoms with E-state index in [2.05, 4.69) is 30.2 Å². The normalized spacial score (nSPS) is 12.2. The van der Waals surface area contributed by atoms with Crippen molar-refractivity contribution >= 4 is 6.21 Å². The quantitative estimate of drug-likeness (QED) is 0.365. The fourth-order valence-electron chi connectivity index (χ4n) is 0.834. The van der Waals surface area contributed by atoms with E-state index in [1.165, 1.54) is 19.0 Å². The Morgan fingerprint density at radius 1 is 1.42 bits per heavy atom. The molecular formula is C9H18N3. The molecule has 0 rings (SSSR count). The van der Waals surface area contributed by atoms with Crippen molar-refractivity contribution in [2.45, 2.75) is 19.3 Å². The molecule has 0 spiro atoms. The highest BCUT2D eigenvalue weighted by Gasteiger charge is 1.88. The maximum absolute atomic E-state index is 4.98. The molecule has 2 N–H and O–H groups in total. The Labute approximate surface area is 75.0 Å². The Hall–Kier alpha value is -0.830. The van der Waals surface area contributed by atoms with E-state index in [0.717, 1.165) is 13.0 Å². The van der Waals surface area contributed by atoms with Gasteiger partial charge in [-0.3, -0.25) is 4.99 Å². The van der Waals surface area contributed by atoms with Gasteiger partial charge in [-0.25, -0.2) is 0 Å². The van der Waals surface area contributed by atoms with Crippen molar-refractivity contribution in [3.63, 3.8) is 0 Å². The molecule has 0 atom stereocenters. The molecule has 0 fully saturated rings. The van der Waals surface area contributed by atoms with Crippen LogP contribution in [0.25, 0.3) is 0 Å².